The molecule has 0 aliphatic rings. The Morgan fingerprint density at radius 1 is 1.47 bits per heavy atom. The molecule has 0 fully saturated rings. The predicted molar refractivity (Wildman–Crippen MR) is 60.0 cm³/mol. The Labute approximate surface area is 94.4 Å². The van der Waals surface area contributed by atoms with Crippen LogP contribution in [0.1, 0.15) is 27.2 Å². The van der Waals surface area contributed by atoms with Gasteiger partial charge in [-0.1, -0.05) is 6.92 Å². The highest BCUT2D eigenvalue weighted by atomic mass is 32.2. The van der Waals surface area contributed by atoms with E-state index in [1.807, 2.05) is 6.92 Å². The fourth-order valence-electron chi connectivity index (χ4n) is 0.789. The zero-order valence-electron chi connectivity index (χ0n) is 9.57. The molecule has 0 heterocycles. The van der Waals surface area contributed by atoms with E-state index < -0.39 is 11.4 Å². The van der Waals surface area contributed by atoms with Crippen molar-refractivity contribution >= 4 is 23.7 Å². The Morgan fingerprint density at radius 3 is 2.40 bits per heavy atom. The summed E-state index contributed by atoms with van der Waals surface area (Å²) in [5, 5.41) is 8.96. The van der Waals surface area contributed by atoms with E-state index in [1.165, 1.54) is 18.9 Å². The minimum absolute atomic E-state index is 0.0797. The third kappa shape index (κ3) is 5.67. The van der Waals surface area contributed by atoms with Crippen LogP contribution in [0.5, 0.6) is 0 Å². The standard InChI is InChI=1S/C10H18O4S/c1-7(5-8(11)14-4)15-6-10(2,3)9(12)13/h7H,5-6H2,1-4H3,(H,12,13). The van der Waals surface area contributed by atoms with Gasteiger partial charge < -0.3 is 9.84 Å². The lowest BCUT2D eigenvalue weighted by atomic mass is 9.97. The van der Waals surface area contributed by atoms with Gasteiger partial charge in [-0.15, -0.1) is 0 Å². The van der Waals surface area contributed by atoms with Crippen molar-refractivity contribution in [2.45, 2.75) is 32.4 Å². The van der Waals surface area contributed by atoms with E-state index in [-0.39, 0.29) is 11.2 Å². The Balaban J connectivity index is 3.95. The summed E-state index contributed by atoms with van der Waals surface area (Å²) in [5.41, 5.74) is -0.755. The fraction of sp³-hybridized carbons (Fsp3) is 0.800. The quantitative estimate of drug-likeness (QED) is 0.710. The molecule has 0 bridgehead atoms. The van der Waals surface area contributed by atoms with Crippen LogP contribution in [0, 0.1) is 5.41 Å². The Morgan fingerprint density at radius 2 is 2.00 bits per heavy atom. The average molecular weight is 234 g/mol. The summed E-state index contributed by atoms with van der Waals surface area (Å²) in [7, 11) is 1.35. The molecule has 4 nitrogen and oxygen atoms in total. The molecule has 0 radical (unpaired) electrons. The number of carboxylic acid groups (broad SMARTS) is 1. The van der Waals surface area contributed by atoms with Crippen molar-refractivity contribution in [2.24, 2.45) is 5.41 Å². The molecule has 88 valence electrons. The van der Waals surface area contributed by atoms with Gasteiger partial charge in [-0.2, -0.15) is 11.8 Å². The smallest absolute Gasteiger partial charge is 0.309 e. The normalized spacial score (nSPS) is 13.3. The lowest BCUT2D eigenvalue weighted by Gasteiger charge is -2.20. The van der Waals surface area contributed by atoms with Crippen LogP contribution in [0.25, 0.3) is 0 Å². The van der Waals surface area contributed by atoms with Crippen molar-refractivity contribution in [3.8, 4) is 0 Å². The van der Waals surface area contributed by atoms with Gasteiger partial charge in [0.1, 0.15) is 0 Å². The van der Waals surface area contributed by atoms with Crippen LogP contribution in [-0.2, 0) is 14.3 Å². The summed E-state index contributed by atoms with van der Waals surface area (Å²) in [6.07, 6.45) is 0.316. The summed E-state index contributed by atoms with van der Waals surface area (Å²) in [4.78, 5) is 21.7. The van der Waals surface area contributed by atoms with Gasteiger partial charge in [-0.3, -0.25) is 9.59 Å². The van der Waals surface area contributed by atoms with Crippen LogP contribution < -0.4 is 0 Å². The van der Waals surface area contributed by atoms with Gasteiger partial charge in [0.15, 0.2) is 0 Å². The Bertz CT molecular complexity index is 238. The number of carbonyl (C=O) groups is 2. The first-order chi connectivity index (χ1) is 6.79. The highest BCUT2D eigenvalue weighted by Crippen LogP contribution is 2.26. The molecular weight excluding hydrogens is 216 g/mol. The maximum atomic E-state index is 10.9. The minimum Gasteiger partial charge on any atom is -0.481 e. The summed E-state index contributed by atoms with van der Waals surface area (Å²) in [5.74, 6) is -0.594. The number of ether oxygens (including phenoxy) is 1. The minimum atomic E-state index is -0.819. The van der Waals surface area contributed by atoms with Crippen molar-refractivity contribution in [2.75, 3.05) is 12.9 Å². The zero-order chi connectivity index (χ0) is 12.1. The van der Waals surface area contributed by atoms with Gasteiger partial charge in [-0.25, -0.2) is 0 Å². The molecule has 0 rings (SSSR count). The third-order valence-corrected chi connectivity index (χ3v) is 3.61. The molecule has 5 heteroatoms. The average Bonchev–Trinajstić information content (AvgIpc) is 2.14. The first-order valence-electron chi connectivity index (χ1n) is 4.71. The number of aliphatic carboxylic acids is 1. The number of esters is 1. The zero-order valence-corrected chi connectivity index (χ0v) is 10.4. The second kappa shape index (κ2) is 6.00. The highest BCUT2D eigenvalue weighted by Gasteiger charge is 2.28. The summed E-state index contributed by atoms with van der Waals surface area (Å²) in [6.45, 7) is 5.24. The number of methoxy groups -OCH3 is 1. The summed E-state index contributed by atoms with van der Waals surface area (Å²) >= 11 is 1.47. The maximum absolute atomic E-state index is 10.9. The second-order valence-corrected chi connectivity index (χ2v) is 5.52. The van der Waals surface area contributed by atoms with Crippen molar-refractivity contribution in [3.63, 3.8) is 0 Å². The molecule has 1 N–H and O–H groups in total. The molecule has 0 amide bonds. The van der Waals surface area contributed by atoms with E-state index >= 15 is 0 Å². The molecule has 0 aromatic rings. The number of carbonyl (C=O) groups excluding carboxylic acids is 1. The van der Waals surface area contributed by atoms with Crippen LogP contribution in [0.2, 0.25) is 0 Å². The molecule has 1 unspecified atom stereocenters. The van der Waals surface area contributed by atoms with Crippen molar-refractivity contribution in [1.29, 1.82) is 0 Å². The first kappa shape index (κ1) is 14.3. The van der Waals surface area contributed by atoms with E-state index in [0.717, 1.165) is 0 Å². The van der Waals surface area contributed by atoms with E-state index in [4.69, 9.17) is 5.11 Å². The van der Waals surface area contributed by atoms with Crippen molar-refractivity contribution in [3.05, 3.63) is 0 Å². The summed E-state index contributed by atoms with van der Waals surface area (Å²) in [6, 6.07) is 0. The van der Waals surface area contributed by atoms with Crippen LogP contribution >= 0.6 is 11.8 Å². The SMILES string of the molecule is COC(=O)CC(C)SCC(C)(C)C(=O)O. The molecule has 0 spiro atoms. The lowest BCUT2D eigenvalue weighted by molar-refractivity contribution is -0.145. The Kier molecular flexibility index (Phi) is 5.72. The first-order valence-corrected chi connectivity index (χ1v) is 5.76. The van der Waals surface area contributed by atoms with Gasteiger partial charge in [0.25, 0.3) is 0 Å². The largest absolute Gasteiger partial charge is 0.481 e. The number of rotatable bonds is 6. The number of hydrogen-bond acceptors (Lipinski definition) is 4. The van der Waals surface area contributed by atoms with E-state index in [0.29, 0.717) is 12.2 Å². The fourth-order valence-corrected chi connectivity index (χ4v) is 1.87. The molecule has 1 atom stereocenters. The number of carboxylic acids is 1. The van der Waals surface area contributed by atoms with Crippen LogP contribution in [0.15, 0.2) is 0 Å². The van der Waals surface area contributed by atoms with Crippen LogP contribution in [0.3, 0.4) is 0 Å². The topological polar surface area (TPSA) is 63.6 Å². The van der Waals surface area contributed by atoms with Crippen LogP contribution in [-0.4, -0.2) is 35.2 Å². The van der Waals surface area contributed by atoms with Gasteiger partial charge in [0.05, 0.1) is 18.9 Å². The Hall–Kier alpha value is -0.710. The number of thioether (sulfide) groups is 1. The number of hydrogen-bond donors (Lipinski definition) is 1. The van der Waals surface area contributed by atoms with Gasteiger partial charge in [0.2, 0.25) is 0 Å². The van der Waals surface area contributed by atoms with E-state index in [2.05, 4.69) is 4.74 Å². The molecule has 0 aromatic heterocycles. The van der Waals surface area contributed by atoms with E-state index in [1.54, 1.807) is 13.8 Å². The predicted octanol–water partition coefficient (Wildman–Crippen LogP) is 1.78. The van der Waals surface area contributed by atoms with Gasteiger partial charge in [-0.05, 0) is 13.8 Å². The molecule has 0 aliphatic carbocycles. The third-order valence-electron chi connectivity index (χ3n) is 1.99. The van der Waals surface area contributed by atoms with Crippen LogP contribution in [0.4, 0.5) is 0 Å². The highest BCUT2D eigenvalue weighted by molar-refractivity contribution is 7.99. The molecule has 15 heavy (non-hydrogen) atoms. The summed E-state index contributed by atoms with van der Waals surface area (Å²) < 4.78 is 4.53. The molecular formula is C10H18O4S. The molecule has 0 aliphatic heterocycles. The molecule has 0 saturated heterocycles. The molecule has 0 aromatic carbocycles. The van der Waals surface area contributed by atoms with Crippen molar-refractivity contribution < 1.29 is 19.4 Å². The monoisotopic (exact) mass is 234 g/mol. The van der Waals surface area contributed by atoms with Crippen molar-refractivity contribution in [1.82, 2.24) is 0 Å². The van der Waals surface area contributed by atoms with E-state index in [9.17, 15) is 9.59 Å². The lowest BCUT2D eigenvalue weighted by Crippen LogP contribution is -2.27. The van der Waals surface area contributed by atoms with Gasteiger partial charge >= 0.3 is 11.9 Å². The maximum Gasteiger partial charge on any atom is 0.309 e. The molecule has 0 saturated carbocycles. The second-order valence-electron chi connectivity index (χ2n) is 4.09. The van der Waals surface area contributed by atoms with Gasteiger partial charge in [0, 0.05) is 11.0 Å².